The smallest absolute Gasteiger partial charge is 0.325 e. The number of rotatable bonds is 8. The number of carbonyl (C=O) groups excluding carboxylic acids is 4. The van der Waals surface area contributed by atoms with Crippen LogP contribution in [0.4, 0.5) is 4.79 Å². The molecule has 3 N–H and O–H groups in total. The minimum absolute atomic E-state index is 0.0288. The number of benzene rings is 2. The van der Waals surface area contributed by atoms with Crippen molar-refractivity contribution in [3.63, 3.8) is 0 Å². The number of nitrogens with two attached hydrogens (primary N) is 1. The largest absolute Gasteiger partial charge is 0.370 e. The maximum absolute atomic E-state index is 13.1. The molecule has 2 aromatic carbocycles. The lowest BCUT2D eigenvalue weighted by Gasteiger charge is -2.25. The van der Waals surface area contributed by atoms with Crippen molar-refractivity contribution in [2.24, 2.45) is 5.73 Å². The molecule has 9 heteroatoms. The molecule has 31 heavy (non-hydrogen) atoms. The number of hydrogen-bond acceptors (Lipinski definition) is 4. The van der Waals surface area contributed by atoms with Gasteiger partial charge in [0, 0.05) is 24.5 Å². The van der Waals surface area contributed by atoms with Crippen molar-refractivity contribution in [2.45, 2.75) is 25.4 Å². The molecule has 1 heterocycles. The molecular formula is C22H23ClN4O4. The van der Waals surface area contributed by atoms with Crippen LogP contribution >= 0.6 is 11.6 Å². The molecule has 3 rings (SSSR count). The Balaban J connectivity index is 1.78. The minimum atomic E-state index is -1.33. The maximum atomic E-state index is 13.1. The van der Waals surface area contributed by atoms with Gasteiger partial charge in [-0.15, -0.1) is 0 Å². The first-order chi connectivity index (χ1) is 14.7. The van der Waals surface area contributed by atoms with Gasteiger partial charge in [0.2, 0.25) is 11.8 Å². The molecule has 0 radical (unpaired) electrons. The molecule has 1 aliphatic heterocycles. The molecule has 1 aliphatic rings. The standard InChI is InChI=1S/C22H23ClN4O4/c1-22(16-8-5-9-17(23)12-16)20(30)27(21(31)25-22)14-19(29)26(11-10-18(24)28)13-15-6-3-2-4-7-15/h2-9,12H,10-11,13-14H2,1H3,(H2,24,28)(H,25,31). The third-order valence-corrected chi connectivity index (χ3v) is 5.40. The first kappa shape index (κ1) is 22.3. The zero-order valence-corrected chi connectivity index (χ0v) is 17.8. The molecule has 8 nitrogen and oxygen atoms in total. The quantitative estimate of drug-likeness (QED) is 0.609. The van der Waals surface area contributed by atoms with Crippen molar-refractivity contribution in [3.8, 4) is 0 Å². The highest BCUT2D eigenvalue weighted by Gasteiger charge is 2.49. The second-order valence-corrected chi connectivity index (χ2v) is 7.91. The van der Waals surface area contributed by atoms with E-state index in [2.05, 4.69) is 5.32 Å². The zero-order chi connectivity index (χ0) is 22.6. The first-order valence-corrected chi connectivity index (χ1v) is 10.1. The number of nitrogens with zero attached hydrogens (tertiary/aromatic N) is 2. The van der Waals surface area contributed by atoms with E-state index in [4.69, 9.17) is 17.3 Å². The summed E-state index contributed by atoms with van der Waals surface area (Å²) in [6.07, 6.45) is -0.0288. The van der Waals surface area contributed by atoms with Gasteiger partial charge in [0.1, 0.15) is 12.1 Å². The Hall–Kier alpha value is -3.39. The number of imide groups is 1. The lowest BCUT2D eigenvalue weighted by molar-refractivity contribution is -0.139. The van der Waals surface area contributed by atoms with Crippen LogP contribution in [0.15, 0.2) is 54.6 Å². The van der Waals surface area contributed by atoms with Crippen molar-refractivity contribution in [1.29, 1.82) is 0 Å². The van der Waals surface area contributed by atoms with Gasteiger partial charge >= 0.3 is 6.03 Å². The molecule has 162 valence electrons. The predicted octanol–water partition coefficient (Wildman–Crippen LogP) is 2.01. The van der Waals surface area contributed by atoms with Gasteiger partial charge in [-0.1, -0.05) is 54.1 Å². The summed E-state index contributed by atoms with van der Waals surface area (Å²) in [5, 5.41) is 3.08. The molecule has 1 unspecified atom stereocenters. The van der Waals surface area contributed by atoms with Gasteiger partial charge in [0.15, 0.2) is 0 Å². The maximum Gasteiger partial charge on any atom is 0.325 e. The van der Waals surface area contributed by atoms with Gasteiger partial charge in [0.25, 0.3) is 5.91 Å². The van der Waals surface area contributed by atoms with Gasteiger partial charge < -0.3 is 16.0 Å². The first-order valence-electron chi connectivity index (χ1n) is 9.71. The van der Waals surface area contributed by atoms with Crippen molar-refractivity contribution in [1.82, 2.24) is 15.1 Å². The van der Waals surface area contributed by atoms with Crippen LogP contribution in [0.2, 0.25) is 5.02 Å². The highest BCUT2D eigenvalue weighted by atomic mass is 35.5. The molecule has 1 saturated heterocycles. The third kappa shape index (κ3) is 5.03. The minimum Gasteiger partial charge on any atom is -0.370 e. The molecular weight excluding hydrogens is 420 g/mol. The molecule has 5 amide bonds. The van der Waals surface area contributed by atoms with Crippen LogP contribution in [-0.2, 0) is 26.5 Å². The van der Waals surface area contributed by atoms with Gasteiger partial charge in [-0.25, -0.2) is 4.79 Å². The van der Waals surface area contributed by atoms with E-state index in [1.54, 1.807) is 31.2 Å². The summed E-state index contributed by atoms with van der Waals surface area (Å²) in [6, 6.07) is 15.2. The predicted molar refractivity (Wildman–Crippen MR) is 115 cm³/mol. The third-order valence-electron chi connectivity index (χ3n) is 5.17. The topological polar surface area (TPSA) is 113 Å². The zero-order valence-electron chi connectivity index (χ0n) is 17.0. The number of amides is 5. The fourth-order valence-electron chi connectivity index (χ4n) is 3.41. The van der Waals surface area contributed by atoms with E-state index >= 15 is 0 Å². The number of urea groups is 1. The van der Waals surface area contributed by atoms with E-state index in [0.717, 1.165) is 10.5 Å². The average Bonchev–Trinajstić information content (AvgIpc) is 2.95. The molecule has 0 saturated carbocycles. The summed E-state index contributed by atoms with van der Waals surface area (Å²) in [6.45, 7) is 1.42. The van der Waals surface area contributed by atoms with E-state index in [-0.39, 0.29) is 19.5 Å². The SMILES string of the molecule is CC1(c2cccc(Cl)c2)NC(=O)N(CC(=O)N(CCC(N)=O)Cc2ccccc2)C1=O. The van der Waals surface area contributed by atoms with E-state index in [1.165, 1.54) is 4.90 Å². The Morgan fingerprint density at radius 3 is 2.48 bits per heavy atom. The number of hydrogen-bond donors (Lipinski definition) is 2. The van der Waals surface area contributed by atoms with Gasteiger partial charge in [0.05, 0.1) is 0 Å². The lowest BCUT2D eigenvalue weighted by Crippen LogP contribution is -2.45. The van der Waals surface area contributed by atoms with Crippen molar-refractivity contribution >= 4 is 35.4 Å². The Morgan fingerprint density at radius 1 is 1.13 bits per heavy atom. The van der Waals surface area contributed by atoms with Crippen LogP contribution in [0.5, 0.6) is 0 Å². The van der Waals surface area contributed by atoms with E-state index in [0.29, 0.717) is 10.6 Å². The second kappa shape index (κ2) is 9.18. The van der Waals surface area contributed by atoms with Gasteiger partial charge in [-0.2, -0.15) is 0 Å². The molecule has 1 atom stereocenters. The van der Waals surface area contributed by atoms with E-state index < -0.39 is 35.8 Å². The van der Waals surface area contributed by atoms with Gasteiger partial charge in [-0.05, 0) is 30.2 Å². The summed E-state index contributed by atoms with van der Waals surface area (Å²) in [7, 11) is 0. The number of halogens is 1. The summed E-state index contributed by atoms with van der Waals surface area (Å²) < 4.78 is 0. The number of carbonyl (C=O) groups is 4. The van der Waals surface area contributed by atoms with Crippen molar-refractivity contribution in [3.05, 3.63) is 70.7 Å². The Morgan fingerprint density at radius 2 is 1.84 bits per heavy atom. The second-order valence-electron chi connectivity index (χ2n) is 7.47. The van der Waals surface area contributed by atoms with Crippen LogP contribution in [0.3, 0.4) is 0 Å². The van der Waals surface area contributed by atoms with Gasteiger partial charge in [-0.3, -0.25) is 19.3 Å². The van der Waals surface area contributed by atoms with Crippen LogP contribution in [0.1, 0.15) is 24.5 Å². The normalized spacial score (nSPS) is 18.1. The van der Waals surface area contributed by atoms with Crippen molar-refractivity contribution in [2.75, 3.05) is 13.1 Å². The van der Waals surface area contributed by atoms with Crippen LogP contribution in [0.25, 0.3) is 0 Å². The summed E-state index contributed by atoms with van der Waals surface area (Å²) in [4.78, 5) is 52.2. The van der Waals surface area contributed by atoms with E-state index in [9.17, 15) is 19.2 Å². The Labute approximate surface area is 184 Å². The molecule has 0 aromatic heterocycles. The average molecular weight is 443 g/mol. The molecule has 0 aliphatic carbocycles. The van der Waals surface area contributed by atoms with Crippen LogP contribution in [-0.4, -0.2) is 46.6 Å². The molecule has 0 bridgehead atoms. The monoisotopic (exact) mass is 442 g/mol. The van der Waals surface area contributed by atoms with E-state index in [1.807, 2.05) is 30.3 Å². The fourth-order valence-corrected chi connectivity index (χ4v) is 3.60. The van der Waals surface area contributed by atoms with Crippen LogP contribution < -0.4 is 11.1 Å². The van der Waals surface area contributed by atoms with Crippen LogP contribution in [0, 0.1) is 0 Å². The fraction of sp³-hybridized carbons (Fsp3) is 0.273. The summed E-state index contributed by atoms with van der Waals surface area (Å²) in [5.41, 5.74) is 5.27. The van der Waals surface area contributed by atoms with Crippen molar-refractivity contribution < 1.29 is 19.2 Å². The Bertz CT molecular complexity index is 1010. The summed E-state index contributed by atoms with van der Waals surface area (Å²) >= 11 is 6.03. The molecule has 0 spiro atoms. The molecule has 2 aromatic rings. The molecule has 1 fully saturated rings. The number of nitrogens with one attached hydrogen (secondary N) is 1. The lowest BCUT2D eigenvalue weighted by atomic mass is 9.92. The highest BCUT2D eigenvalue weighted by molar-refractivity contribution is 6.30. The Kier molecular flexibility index (Phi) is 6.60. The highest BCUT2D eigenvalue weighted by Crippen LogP contribution is 2.30. The summed E-state index contributed by atoms with van der Waals surface area (Å²) in [5.74, 6) is -1.57. The number of primary amides is 1.